The number of nitrogens with zero attached hydrogens (tertiary/aromatic N) is 2. The maximum atomic E-state index is 13.7. The zero-order valence-electron chi connectivity index (χ0n) is 18.4. The molecule has 1 aliphatic heterocycles. The number of benzene rings is 2. The molecule has 2 aliphatic carbocycles. The fourth-order valence-electron chi connectivity index (χ4n) is 5.82. The van der Waals surface area contributed by atoms with Crippen molar-refractivity contribution in [2.45, 2.75) is 44.1 Å². The molecule has 2 aromatic carbocycles. The highest BCUT2D eigenvalue weighted by molar-refractivity contribution is 6.01. The van der Waals surface area contributed by atoms with Crippen molar-refractivity contribution in [3.05, 3.63) is 59.7 Å². The molecule has 3 atom stereocenters. The Morgan fingerprint density at radius 1 is 1.03 bits per heavy atom. The summed E-state index contributed by atoms with van der Waals surface area (Å²) in [6.07, 6.45) is 5.18. The minimum absolute atomic E-state index is 0.0181. The van der Waals surface area contributed by atoms with Gasteiger partial charge in [0.1, 0.15) is 5.54 Å². The lowest BCUT2D eigenvalue weighted by Crippen LogP contribution is -2.66. The highest BCUT2D eigenvalue weighted by Gasteiger charge is 2.54. The molecule has 0 unspecified atom stereocenters. The molecule has 1 N–H and O–H groups in total. The number of amides is 2. The summed E-state index contributed by atoms with van der Waals surface area (Å²) in [5.41, 5.74) is 4.03. The van der Waals surface area contributed by atoms with Crippen molar-refractivity contribution in [1.29, 1.82) is 0 Å². The molecular formula is C26H31N3O2. The van der Waals surface area contributed by atoms with Crippen LogP contribution in [0.15, 0.2) is 48.5 Å². The molecule has 2 amide bonds. The van der Waals surface area contributed by atoms with Crippen LogP contribution in [0.5, 0.6) is 0 Å². The van der Waals surface area contributed by atoms with Gasteiger partial charge >= 0.3 is 0 Å². The van der Waals surface area contributed by atoms with E-state index in [2.05, 4.69) is 29.6 Å². The molecular weight excluding hydrogens is 386 g/mol. The average molecular weight is 418 g/mol. The first-order chi connectivity index (χ1) is 15.0. The number of β-lactam (4-membered cyclic amide) rings is 1. The predicted octanol–water partition coefficient (Wildman–Crippen LogP) is 3.88. The third kappa shape index (κ3) is 3.50. The zero-order valence-corrected chi connectivity index (χ0v) is 18.4. The Kier molecular flexibility index (Phi) is 4.99. The number of carbonyl (C=O) groups is 2. The number of fused-ring (bicyclic) bond motifs is 2. The van der Waals surface area contributed by atoms with Crippen molar-refractivity contribution in [1.82, 2.24) is 4.90 Å². The van der Waals surface area contributed by atoms with Gasteiger partial charge < -0.3 is 15.1 Å². The molecule has 5 nitrogen and oxygen atoms in total. The summed E-state index contributed by atoms with van der Waals surface area (Å²) < 4.78 is 0. The second-order valence-corrected chi connectivity index (χ2v) is 9.66. The molecule has 1 heterocycles. The van der Waals surface area contributed by atoms with Gasteiger partial charge in [0.2, 0.25) is 11.8 Å². The van der Waals surface area contributed by atoms with Crippen LogP contribution in [0.4, 0.5) is 11.4 Å². The van der Waals surface area contributed by atoms with Crippen LogP contribution in [0.25, 0.3) is 0 Å². The monoisotopic (exact) mass is 417 g/mol. The molecule has 2 aromatic rings. The van der Waals surface area contributed by atoms with Gasteiger partial charge in [0.05, 0.1) is 0 Å². The van der Waals surface area contributed by atoms with Gasteiger partial charge in [0, 0.05) is 38.4 Å². The van der Waals surface area contributed by atoms with E-state index >= 15 is 0 Å². The summed E-state index contributed by atoms with van der Waals surface area (Å²) in [7, 11) is 4.00. The van der Waals surface area contributed by atoms with Gasteiger partial charge in [-0.15, -0.1) is 0 Å². The highest BCUT2D eigenvalue weighted by atomic mass is 16.2. The van der Waals surface area contributed by atoms with Crippen LogP contribution < -0.4 is 10.2 Å². The van der Waals surface area contributed by atoms with Crippen LogP contribution in [0.3, 0.4) is 0 Å². The van der Waals surface area contributed by atoms with Gasteiger partial charge in [-0.05, 0) is 79.3 Å². The second-order valence-electron chi connectivity index (χ2n) is 9.66. The van der Waals surface area contributed by atoms with Gasteiger partial charge in [-0.1, -0.05) is 24.3 Å². The number of hydrogen-bond donors (Lipinski definition) is 1. The van der Waals surface area contributed by atoms with E-state index in [4.69, 9.17) is 0 Å². The van der Waals surface area contributed by atoms with Crippen LogP contribution in [0.1, 0.15) is 36.8 Å². The van der Waals surface area contributed by atoms with Crippen molar-refractivity contribution < 1.29 is 9.59 Å². The number of hydrogen-bond acceptors (Lipinski definition) is 3. The highest BCUT2D eigenvalue weighted by Crippen LogP contribution is 2.47. The van der Waals surface area contributed by atoms with E-state index in [0.717, 1.165) is 43.5 Å². The van der Waals surface area contributed by atoms with Crippen LogP contribution in [0.2, 0.25) is 0 Å². The first-order valence-corrected chi connectivity index (χ1v) is 11.4. The van der Waals surface area contributed by atoms with Crippen LogP contribution in [-0.4, -0.2) is 42.9 Å². The first-order valence-electron chi connectivity index (χ1n) is 11.4. The number of carbonyl (C=O) groups excluding carboxylic acids is 2. The smallest absolute Gasteiger partial charge is 0.250 e. The number of anilines is 2. The standard InChI is InChI=1S/C26H31N3O2/c1-28(2)23-9-7-22(8-10-23)27-25(31)26(29-14-12-24(29)30)13-11-20-15-18-5-3-4-6-19(18)16-21(20)17-26/h3-10,20-21H,11-17H2,1-2H3,(H,27,31)/t20-,21+,26+/m0/s1. The van der Waals surface area contributed by atoms with Gasteiger partial charge in [-0.25, -0.2) is 0 Å². The average Bonchev–Trinajstić information content (AvgIpc) is 2.76. The van der Waals surface area contributed by atoms with Gasteiger partial charge in [-0.3, -0.25) is 9.59 Å². The van der Waals surface area contributed by atoms with Crippen molar-refractivity contribution in [3.8, 4) is 0 Å². The maximum absolute atomic E-state index is 13.7. The largest absolute Gasteiger partial charge is 0.378 e. The third-order valence-corrected chi connectivity index (χ3v) is 7.71. The van der Waals surface area contributed by atoms with Crippen molar-refractivity contribution in [3.63, 3.8) is 0 Å². The van der Waals surface area contributed by atoms with E-state index in [1.165, 1.54) is 11.1 Å². The van der Waals surface area contributed by atoms with Crippen molar-refractivity contribution >= 4 is 23.2 Å². The Morgan fingerprint density at radius 3 is 2.29 bits per heavy atom. The summed E-state index contributed by atoms with van der Waals surface area (Å²) in [5.74, 6) is 1.15. The number of rotatable bonds is 4. The van der Waals surface area contributed by atoms with E-state index in [1.807, 2.05) is 48.2 Å². The fourth-order valence-corrected chi connectivity index (χ4v) is 5.82. The lowest BCUT2D eigenvalue weighted by atomic mass is 9.62. The molecule has 0 radical (unpaired) electrons. The summed E-state index contributed by atoms with van der Waals surface area (Å²) in [6, 6.07) is 16.6. The number of likely N-dealkylation sites (tertiary alicyclic amines) is 1. The molecule has 5 heteroatoms. The Morgan fingerprint density at radius 2 is 1.71 bits per heavy atom. The quantitative estimate of drug-likeness (QED) is 0.768. The normalized spacial score (nSPS) is 27.0. The topological polar surface area (TPSA) is 52.7 Å². The van der Waals surface area contributed by atoms with Gasteiger partial charge in [-0.2, -0.15) is 0 Å². The Bertz CT molecular complexity index is 1000. The maximum Gasteiger partial charge on any atom is 0.250 e. The van der Waals surface area contributed by atoms with Crippen LogP contribution >= 0.6 is 0 Å². The molecule has 31 heavy (non-hydrogen) atoms. The summed E-state index contributed by atoms with van der Waals surface area (Å²) in [5, 5.41) is 3.15. The van der Waals surface area contributed by atoms with Crippen molar-refractivity contribution in [2.24, 2.45) is 11.8 Å². The zero-order chi connectivity index (χ0) is 21.6. The third-order valence-electron chi connectivity index (χ3n) is 7.71. The van der Waals surface area contributed by atoms with Gasteiger partial charge in [0.15, 0.2) is 0 Å². The summed E-state index contributed by atoms with van der Waals surface area (Å²) in [6.45, 7) is 0.694. The Hall–Kier alpha value is -2.82. The van der Waals surface area contributed by atoms with E-state index in [9.17, 15) is 9.59 Å². The molecule has 3 aliphatic rings. The number of nitrogens with one attached hydrogen (secondary N) is 1. The van der Waals surface area contributed by atoms with Crippen LogP contribution in [0, 0.1) is 11.8 Å². The Labute approximate surface area is 184 Å². The summed E-state index contributed by atoms with van der Waals surface area (Å²) >= 11 is 0. The molecule has 5 rings (SSSR count). The van der Waals surface area contributed by atoms with Gasteiger partial charge in [0.25, 0.3) is 0 Å². The predicted molar refractivity (Wildman–Crippen MR) is 123 cm³/mol. The molecule has 1 saturated heterocycles. The fraction of sp³-hybridized carbons (Fsp3) is 0.462. The molecule has 0 aromatic heterocycles. The molecule has 162 valence electrons. The Balaban J connectivity index is 1.40. The van der Waals surface area contributed by atoms with E-state index in [-0.39, 0.29) is 11.8 Å². The second kappa shape index (κ2) is 7.70. The van der Waals surface area contributed by atoms with E-state index in [1.54, 1.807) is 0 Å². The van der Waals surface area contributed by atoms with E-state index < -0.39 is 5.54 Å². The lowest BCUT2D eigenvalue weighted by Gasteiger charge is -2.53. The SMILES string of the molecule is CN(C)c1ccc(NC(=O)[C@@]2(N3CCC3=O)CC[C@H]3Cc4ccccc4C[C@@H]3C2)cc1. The molecule has 0 bridgehead atoms. The summed E-state index contributed by atoms with van der Waals surface area (Å²) in [4.78, 5) is 30.1. The minimum Gasteiger partial charge on any atom is -0.378 e. The molecule has 2 fully saturated rings. The lowest BCUT2D eigenvalue weighted by molar-refractivity contribution is -0.159. The molecule has 1 saturated carbocycles. The molecule has 0 spiro atoms. The van der Waals surface area contributed by atoms with Crippen molar-refractivity contribution in [2.75, 3.05) is 30.9 Å². The van der Waals surface area contributed by atoms with E-state index in [0.29, 0.717) is 24.8 Å². The first kappa shape index (κ1) is 20.1. The van der Waals surface area contributed by atoms with Crippen LogP contribution in [-0.2, 0) is 22.4 Å². The minimum atomic E-state index is -0.719.